The Morgan fingerprint density at radius 1 is 1.47 bits per heavy atom. The van der Waals surface area contributed by atoms with Crippen LogP contribution in [0.5, 0.6) is 0 Å². The Labute approximate surface area is 114 Å². The van der Waals surface area contributed by atoms with Gasteiger partial charge in [0.1, 0.15) is 0 Å². The molecule has 0 spiro atoms. The van der Waals surface area contributed by atoms with Crippen LogP contribution in [0.3, 0.4) is 0 Å². The topological polar surface area (TPSA) is 29.9 Å². The Bertz CT molecular complexity index is 476. The van der Waals surface area contributed by atoms with E-state index in [0.717, 1.165) is 29.7 Å². The first kappa shape index (κ1) is 12.8. The number of nitrogens with zero attached hydrogens (tertiary/aromatic N) is 2. The minimum atomic E-state index is 0.835. The zero-order chi connectivity index (χ0) is 12.3. The molecular formula is C12H16BrN3S. The zero-order valence-electron chi connectivity index (χ0n) is 10.0. The standard InChI is InChI=1S/C12H16BrN3S/c1-3-10-12(13)11(16(2)15-10)8-14-7-9-5-4-6-17-9/h4-6,14H,3,7-8H2,1-2H3. The third-order valence-electron chi connectivity index (χ3n) is 2.67. The molecular weight excluding hydrogens is 298 g/mol. The zero-order valence-corrected chi connectivity index (χ0v) is 12.4. The van der Waals surface area contributed by atoms with Crippen LogP contribution in [-0.2, 0) is 26.6 Å². The first-order chi connectivity index (χ1) is 8.22. The Kier molecular flexibility index (Phi) is 4.36. The van der Waals surface area contributed by atoms with Crippen LogP contribution in [0.2, 0.25) is 0 Å². The summed E-state index contributed by atoms with van der Waals surface area (Å²) in [5.41, 5.74) is 2.33. The van der Waals surface area contributed by atoms with E-state index >= 15 is 0 Å². The van der Waals surface area contributed by atoms with E-state index in [1.807, 2.05) is 11.7 Å². The lowest BCUT2D eigenvalue weighted by Gasteiger charge is -2.04. The van der Waals surface area contributed by atoms with Gasteiger partial charge in [0.25, 0.3) is 0 Å². The van der Waals surface area contributed by atoms with Gasteiger partial charge in [-0.05, 0) is 33.8 Å². The molecule has 0 saturated carbocycles. The molecule has 2 aromatic heterocycles. The lowest BCUT2D eigenvalue weighted by molar-refractivity contribution is 0.625. The van der Waals surface area contributed by atoms with Crippen molar-refractivity contribution in [1.82, 2.24) is 15.1 Å². The molecule has 1 N–H and O–H groups in total. The van der Waals surface area contributed by atoms with E-state index in [1.165, 1.54) is 10.6 Å². The quantitative estimate of drug-likeness (QED) is 0.919. The number of hydrogen-bond acceptors (Lipinski definition) is 3. The summed E-state index contributed by atoms with van der Waals surface area (Å²) in [6, 6.07) is 4.23. The maximum Gasteiger partial charge on any atom is 0.0767 e. The lowest BCUT2D eigenvalue weighted by atomic mass is 10.3. The Morgan fingerprint density at radius 2 is 2.29 bits per heavy atom. The Balaban J connectivity index is 1.97. The van der Waals surface area contributed by atoms with Crippen molar-refractivity contribution < 1.29 is 0 Å². The summed E-state index contributed by atoms with van der Waals surface area (Å²) in [7, 11) is 1.99. The molecule has 0 atom stereocenters. The predicted molar refractivity (Wildman–Crippen MR) is 75.1 cm³/mol. The summed E-state index contributed by atoms with van der Waals surface area (Å²) in [5.74, 6) is 0. The van der Waals surface area contributed by atoms with Crippen molar-refractivity contribution >= 4 is 27.3 Å². The molecule has 0 radical (unpaired) electrons. The minimum absolute atomic E-state index is 0.835. The van der Waals surface area contributed by atoms with Crippen LogP contribution in [0.1, 0.15) is 23.2 Å². The number of nitrogens with one attached hydrogen (secondary N) is 1. The van der Waals surface area contributed by atoms with Crippen molar-refractivity contribution in [3.05, 3.63) is 38.3 Å². The number of thiophene rings is 1. The van der Waals surface area contributed by atoms with Crippen molar-refractivity contribution in [3.8, 4) is 0 Å². The first-order valence-electron chi connectivity index (χ1n) is 5.65. The molecule has 0 aliphatic rings. The summed E-state index contributed by atoms with van der Waals surface area (Å²) in [4.78, 5) is 1.36. The van der Waals surface area contributed by atoms with E-state index in [0.29, 0.717) is 0 Å². The second-order valence-corrected chi connectivity index (χ2v) is 5.69. The molecule has 92 valence electrons. The number of aryl methyl sites for hydroxylation is 2. The van der Waals surface area contributed by atoms with Crippen molar-refractivity contribution in [2.45, 2.75) is 26.4 Å². The van der Waals surface area contributed by atoms with Gasteiger partial charge in [0.05, 0.1) is 15.9 Å². The molecule has 0 bridgehead atoms. The fraction of sp³-hybridized carbons (Fsp3) is 0.417. The van der Waals surface area contributed by atoms with E-state index in [1.54, 1.807) is 11.3 Å². The van der Waals surface area contributed by atoms with Crippen LogP contribution in [-0.4, -0.2) is 9.78 Å². The van der Waals surface area contributed by atoms with Crippen molar-refractivity contribution in [2.24, 2.45) is 7.05 Å². The van der Waals surface area contributed by atoms with Crippen molar-refractivity contribution in [3.63, 3.8) is 0 Å². The molecule has 3 nitrogen and oxygen atoms in total. The molecule has 2 aromatic rings. The minimum Gasteiger partial charge on any atom is -0.306 e. The van der Waals surface area contributed by atoms with Crippen LogP contribution in [0.25, 0.3) is 0 Å². The van der Waals surface area contributed by atoms with Crippen LogP contribution in [0, 0.1) is 0 Å². The molecule has 0 unspecified atom stereocenters. The summed E-state index contributed by atoms with van der Waals surface area (Å²) in [6.45, 7) is 3.87. The highest BCUT2D eigenvalue weighted by molar-refractivity contribution is 9.10. The molecule has 0 saturated heterocycles. The van der Waals surface area contributed by atoms with Gasteiger partial charge < -0.3 is 5.32 Å². The monoisotopic (exact) mass is 313 g/mol. The number of aromatic nitrogens is 2. The molecule has 0 aromatic carbocycles. The number of rotatable bonds is 5. The molecule has 0 fully saturated rings. The smallest absolute Gasteiger partial charge is 0.0767 e. The summed E-state index contributed by atoms with van der Waals surface area (Å²) in [6.07, 6.45) is 0.958. The van der Waals surface area contributed by atoms with Gasteiger partial charge in [-0.15, -0.1) is 11.3 Å². The second-order valence-electron chi connectivity index (χ2n) is 3.87. The molecule has 2 heterocycles. The van der Waals surface area contributed by atoms with Gasteiger partial charge in [0.15, 0.2) is 0 Å². The van der Waals surface area contributed by atoms with Gasteiger partial charge in [-0.1, -0.05) is 13.0 Å². The molecule has 0 aliphatic heterocycles. The maximum atomic E-state index is 4.48. The molecule has 5 heteroatoms. The van der Waals surface area contributed by atoms with Crippen LogP contribution < -0.4 is 5.32 Å². The SMILES string of the molecule is CCc1nn(C)c(CNCc2cccs2)c1Br. The fourth-order valence-corrected chi connectivity index (χ4v) is 3.16. The van der Waals surface area contributed by atoms with Gasteiger partial charge in [-0.2, -0.15) is 5.10 Å². The largest absolute Gasteiger partial charge is 0.306 e. The van der Waals surface area contributed by atoms with Gasteiger partial charge >= 0.3 is 0 Å². The third kappa shape index (κ3) is 2.97. The highest BCUT2D eigenvalue weighted by atomic mass is 79.9. The van der Waals surface area contributed by atoms with E-state index in [-0.39, 0.29) is 0 Å². The average molecular weight is 314 g/mol. The summed E-state index contributed by atoms with van der Waals surface area (Å²) >= 11 is 5.40. The van der Waals surface area contributed by atoms with Crippen molar-refractivity contribution in [1.29, 1.82) is 0 Å². The van der Waals surface area contributed by atoms with E-state index in [4.69, 9.17) is 0 Å². The van der Waals surface area contributed by atoms with Gasteiger partial charge in [-0.25, -0.2) is 0 Å². The summed E-state index contributed by atoms with van der Waals surface area (Å²) < 4.78 is 3.09. The van der Waals surface area contributed by atoms with Crippen LogP contribution in [0.15, 0.2) is 22.0 Å². The first-order valence-corrected chi connectivity index (χ1v) is 7.33. The van der Waals surface area contributed by atoms with Crippen LogP contribution >= 0.6 is 27.3 Å². The van der Waals surface area contributed by atoms with Gasteiger partial charge in [-0.3, -0.25) is 4.68 Å². The van der Waals surface area contributed by atoms with Crippen molar-refractivity contribution in [2.75, 3.05) is 0 Å². The summed E-state index contributed by atoms with van der Waals surface area (Å²) in [5, 5.41) is 10.0. The Hall–Kier alpha value is -0.650. The highest BCUT2D eigenvalue weighted by Gasteiger charge is 2.11. The average Bonchev–Trinajstić information content (AvgIpc) is 2.91. The molecule has 0 aliphatic carbocycles. The van der Waals surface area contributed by atoms with Crippen LogP contribution in [0.4, 0.5) is 0 Å². The third-order valence-corrected chi connectivity index (χ3v) is 4.47. The molecule has 0 amide bonds. The molecule has 2 rings (SSSR count). The van der Waals surface area contributed by atoms with E-state index < -0.39 is 0 Å². The van der Waals surface area contributed by atoms with Gasteiger partial charge in [0.2, 0.25) is 0 Å². The number of halogens is 1. The highest BCUT2D eigenvalue weighted by Crippen LogP contribution is 2.21. The lowest BCUT2D eigenvalue weighted by Crippen LogP contribution is -2.14. The normalized spacial score (nSPS) is 11.0. The fourth-order valence-electron chi connectivity index (χ4n) is 1.73. The predicted octanol–water partition coefficient (Wildman–Crippen LogP) is 3.10. The van der Waals surface area contributed by atoms with E-state index in [2.05, 4.69) is 50.8 Å². The Morgan fingerprint density at radius 3 is 2.88 bits per heavy atom. The van der Waals surface area contributed by atoms with E-state index in [9.17, 15) is 0 Å². The molecule has 17 heavy (non-hydrogen) atoms. The number of hydrogen-bond donors (Lipinski definition) is 1. The maximum absolute atomic E-state index is 4.48. The second kappa shape index (κ2) is 5.80. The van der Waals surface area contributed by atoms with Gasteiger partial charge in [0, 0.05) is 25.0 Å².